The van der Waals surface area contributed by atoms with E-state index in [4.69, 9.17) is 30.5 Å². The van der Waals surface area contributed by atoms with Gasteiger partial charge in [0.05, 0.1) is 36.6 Å². The molecule has 0 fully saturated rings. The fourth-order valence-corrected chi connectivity index (χ4v) is 4.64. The van der Waals surface area contributed by atoms with Gasteiger partial charge in [-0.1, -0.05) is 22.9 Å². The average Bonchev–Trinajstić information content (AvgIpc) is 3.12. The Morgan fingerprint density at radius 3 is 2.24 bits per heavy atom. The molecule has 0 aliphatic rings. The molecule has 0 aliphatic carbocycles. The number of hydrogen-bond donors (Lipinski definition) is 0. The molecule has 0 bridgehead atoms. The summed E-state index contributed by atoms with van der Waals surface area (Å²) < 4.78 is 25.7. The number of aromatic nitrogens is 1. The summed E-state index contributed by atoms with van der Waals surface area (Å²) in [6, 6.07) is 8.93. The van der Waals surface area contributed by atoms with Gasteiger partial charge >= 0.3 is 0 Å². The molecule has 1 heterocycles. The lowest BCUT2D eigenvalue weighted by molar-refractivity contribution is 0.0995. The number of halogens is 1. The van der Waals surface area contributed by atoms with Crippen molar-refractivity contribution in [3.63, 3.8) is 0 Å². The molecule has 1 aromatic heterocycles. The summed E-state index contributed by atoms with van der Waals surface area (Å²) in [6.07, 6.45) is 0. The standard InChI is InChI=1S/C24H29ClN2O5S/c1-5-29-12-11-27-18-10-9-17(25)15-21(18)33-24(27)26-23(28)16-13-19(30-6-2)22(32-8-4)20(14-16)31-7-3/h9-10,13-15H,5-8,11-12H2,1-4H3. The van der Waals surface area contributed by atoms with Gasteiger partial charge in [-0.25, -0.2) is 0 Å². The molecule has 0 saturated heterocycles. The number of rotatable bonds is 11. The van der Waals surface area contributed by atoms with Gasteiger partial charge in [-0.3, -0.25) is 4.79 Å². The van der Waals surface area contributed by atoms with E-state index >= 15 is 0 Å². The molecule has 0 spiro atoms. The third-order valence-corrected chi connectivity index (χ3v) is 5.94. The Balaban J connectivity index is 2.09. The first-order valence-electron chi connectivity index (χ1n) is 11.0. The average molecular weight is 493 g/mol. The number of amides is 1. The first-order chi connectivity index (χ1) is 16.0. The molecular formula is C24H29ClN2O5S. The second-order valence-electron chi connectivity index (χ2n) is 6.86. The highest BCUT2D eigenvalue weighted by atomic mass is 35.5. The molecule has 33 heavy (non-hydrogen) atoms. The van der Waals surface area contributed by atoms with Crippen molar-refractivity contribution >= 4 is 39.1 Å². The van der Waals surface area contributed by atoms with Gasteiger partial charge in [0.15, 0.2) is 16.3 Å². The van der Waals surface area contributed by atoms with Crippen molar-refractivity contribution in [3.8, 4) is 17.2 Å². The molecule has 1 amide bonds. The zero-order valence-electron chi connectivity index (χ0n) is 19.4. The second kappa shape index (κ2) is 12.1. The summed E-state index contributed by atoms with van der Waals surface area (Å²) in [6.45, 7) is 10.6. The fourth-order valence-electron chi connectivity index (χ4n) is 3.31. The first kappa shape index (κ1) is 25.1. The Labute approximate surface area is 202 Å². The maximum atomic E-state index is 13.2. The predicted octanol–water partition coefficient (Wildman–Crippen LogP) is 5.33. The second-order valence-corrected chi connectivity index (χ2v) is 8.31. The van der Waals surface area contributed by atoms with Crippen LogP contribution >= 0.6 is 22.9 Å². The zero-order valence-corrected chi connectivity index (χ0v) is 20.9. The minimum Gasteiger partial charge on any atom is -0.490 e. The lowest BCUT2D eigenvalue weighted by Gasteiger charge is -2.16. The van der Waals surface area contributed by atoms with Crippen LogP contribution in [0.25, 0.3) is 10.2 Å². The third-order valence-electron chi connectivity index (χ3n) is 4.66. The Hall–Kier alpha value is -2.55. The molecule has 0 atom stereocenters. The highest BCUT2D eigenvalue weighted by Gasteiger charge is 2.19. The number of carbonyl (C=O) groups is 1. The van der Waals surface area contributed by atoms with Crippen LogP contribution in [0.4, 0.5) is 0 Å². The van der Waals surface area contributed by atoms with Gasteiger partial charge in [-0.2, -0.15) is 4.99 Å². The van der Waals surface area contributed by atoms with Crippen LogP contribution in [-0.2, 0) is 11.3 Å². The molecule has 0 N–H and O–H groups in total. The molecule has 7 nitrogen and oxygen atoms in total. The topological polar surface area (TPSA) is 71.3 Å². The minimum absolute atomic E-state index is 0.359. The van der Waals surface area contributed by atoms with E-state index in [1.165, 1.54) is 11.3 Å². The van der Waals surface area contributed by atoms with Crippen molar-refractivity contribution in [2.45, 2.75) is 34.2 Å². The van der Waals surface area contributed by atoms with Crippen molar-refractivity contribution in [2.24, 2.45) is 4.99 Å². The van der Waals surface area contributed by atoms with Gasteiger partial charge in [0.25, 0.3) is 5.91 Å². The van der Waals surface area contributed by atoms with Crippen LogP contribution in [0.15, 0.2) is 35.3 Å². The molecule has 0 radical (unpaired) electrons. The number of benzene rings is 2. The minimum atomic E-state index is -0.400. The summed E-state index contributed by atoms with van der Waals surface area (Å²) >= 11 is 7.59. The molecule has 0 saturated carbocycles. The number of hydrogen-bond acceptors (Lipinski definition) is 6. The Kier molecular flexibility index (Phi) is 9.17. The molecule has 3 rings (SSSR count). The Morgan fingerprint density at radius 2 is 1.64 bits per heavy atom. The van der Waals surface area contributed by atoms with Gasteiger partial charge < -0.3 is 23.5 Å². The molecule has 0 unspecified atom stereocenters. The van der Waals surface area contributed by atoms with Gasteiger partial charge in [-0.15, -0.1) is 0 Å². The van der Waals surface area contributed by atoms with E-state index in [0.717, 1.165) is 10.2 Å². The van der Waals surface area contributed by atoms with Crippen LogP contribution in [0.1, 0.15) is 38.1 Å². The van der Waals surface area contributed by atoms with Crippen molar-refractivity contribution in [1.82, 2.24) is 4.57 Å². The maximum absolute atomic E-state index is 13.2. The van der Waals surface area contributed by atoms with E-state index in [-0.39, 0.29) is 0 Å². The van der Waals surface area contributed by atoms with Crippen molar-refractivity contribution < 1.29 is 23.7 Å². The lowest BCUT2D eigenvalue weighted by Crippen LogP contribution is -2.19. The third kappa shape index (κ3) is 6.07. The predicted molar refractivity (Wildman–Crippen MR) is 131 cm³/mol. The molecule has 9 heteroatoms. The van der Waals surface area contributed by atoms with E-state index in [1.54, 1.807) is 12.1 Å². The SMILES string of the molecule is CCOCCn1c(=NC(=O)c2cc(OCC)c(OCC)c(OCC)c2)sc2cc(Cl)ccc21. The number of ether oxygens (including phenoxy) is 4. The van der Waals surface area contributed by atoms with Crippen molar-refractivity contribution in [1.29, 1.82) is 0 Å². The molecule has 2 aromatic carbocycles. The first-order valence-corrected chi connectivity index (χ1v) is 12.2. The van der Waals surface area contributed by atoms with Gasteiger partial charge in [0.1, 0.15) is 0 Å². The van der Waals surface area contributed by atoms with Gasteiger partial charge in [-0.05, 0) is 58.0 Å². The summed E-state index contributed by atoms with van der Waals surface area (Å²) in [5.74, 6) is 0.996. The van der Waals surface area contributed by atoms with E-state index in [2.05, 4.69) is 4.99 Å². The largest absolute Gasteiger partial charge is 0.490 e. The summed E-state index contributed by atoms with van der Waals surface area (Å²) in [5.41, 5.74) is 1.31. The summed E-state index contributed by atoms with van der Waals surface area (Å²) in [5, 5.41) is 0.632. The van der Waals surface area contributed by atoms with E-state index in [0.29, 0.717) is 72.2 Å². The monoisotopic (exact) mass is 492 g/mol. The Morgan fingerprint density at radius 1 is 0.970 bits per heavy atom. The van der Waals surface area contributed by atoms with Gasteiger partial charge in [0, 0.05) is 23.7 Å². The summed E-state index contributed by atoms with van der Waals surface area (Å²) in [7, 11) is 0. The lowest BCUT2D eigenvalue weighted by atomic mass is 10.1. The van der Waals surface area contributed by atoms with Crippen LogP contribution in [0, 0.1) is 0 Å². The Bertz CT molecular complexity index is 1140. The number of thiazole rings is 1. The number of carbonyl (C=O) groups excluding carboxylic acids is 1. The molecule has 178 valence electrons. The zero-order chi connectivity index (χ0) is 23.8. The normalized spacial score (nSPS) is 11.7. The van der Waals surface area contributed by atoms with Gasteiger partial charge in [0.2, 0.25) is 5.75 Å². The molecular weight excluding hydrogens is 464 g/mol. The van der Waals surface area contributed by atoms with Crippen molar-refractivity contribution in [2.75, 3.05) is 33.0 Å². The quantitative estimate of drug-likeness (QED) is 0.338. The highest BCUT2D eigenvalue weighted by molar-refractivity contribution is 7.16. The maximum Gasteiger partial charge on any atom is 0.279 e. The number of fused-ring (bicyclic) bond motifs is 1. The van der Waals surface area contributed by atoms with Crippen LogP contribution in [0.3, 0.4) is 0 Å². The van der Waals surface area contributed by atoms with Crippen LogP contribution in [0.5, 0.6) is 17.2 Å². The highest BCUT2D eigenvalue weighted by Crippen LogP contribution is 2.39. The van der Waals surface area contributed by atoms with Crippen molar-refractivity contribution in [3.05, 3.63) is 45.7 Å². The molecule has 0 aliphatic heterocycles. The van der Waals surface area contributed by atoms with Crippen LogP contribution in [-0.4, -0.2) is 43.5 Å². The van der Waals surface area contributed by atoms with E-state index < -0.39 is 5.91 Å². The van der Waals surface area contributed by atoms with E-state index in [9.17, 15) is 4.79 Å². The van der Waals surface area contributed by atoms with E-state index in [1.807, 2.05) is 50.5 Å². The van der Waals surface area contributed by atoms with Crippen LogP contribution in [0.2, 0.25) is 5.02 Å². The fraction of sp³-hybridized carbons (Fsp3) is 0.417. The molecule has 3 aromatic rings. The smallest absolute Gasteiger partial charge is 0.279 e. The number of nitrogens with zero attached hydrogens (tertiary/aromatic N) is 2. The summed E-state index contributed by atoms with van der Waals surface area (Å²) in [4.78, 5) is 18.3. The van der Waals surface area contributed by atoms with Crippen LogP contribution < -0.4 is 19.0 Å².